The van der Waals surface area contributed by atoms with E-state index >= 15 is 0 Å². The largest absolute Gasteiger partial charge is 0.496 e. The van der Waals surface area contributed by atoms with Crippen molar-refractivity contribution < 1.29 is 18.7 Å². The summed E-state index contributed by atoms with van der Waals surface area (Å²) in [7, 11) is 1.61. The van der Waals surface area contributed by atoms with Crippen molar-refractivity contribution in [3.05, 3.63) is 111 Å². The highest BCUT2D eigenvalue weighted by molar-refractivity contribution is 6.31. The van der Waals surface area contributed by atoms with Crippen molar-refractivity contribution in [3.63, 3.8) is 0 Å². The van der Waals surface area contributed by atoms with Crippen molar-refractivity contribution in [1.29, 1.82) is 0 Å². The first-order chi connectivity index (χ1) is 18.2. The van der Waals surface area contributed by atoms with Crippen molar-refractivity contribution in [3.8, 4) is 11.5 Å². The number of carbonyl (C=O) groups excluding carboxylic acids is 1. The van der Waals surface area contributed by atoms with E-state index in [4.69, 9.17) is 21.1 Å². The molecule has 0 spiro atoms. The van der Waals surface area contributed by atoms with Crippen LogP contribution < -0.4 is 14.8 Å². The van der Waals surface area contributed by atoms with E-state index in [0.717, 1.165) is 33.7 Å². The maximum atomic E-state index is 13.4. The van der Waals surface area contributed by atoms with Crippen molar-refractivity contribution in [2.75, 3.05) is 12.4 Å². The van der Waals surface area contributed by atoms with Crippen LogP contribution in [0.1, 0.15) is 33.6 Å². The van der Waals surface area contributed by atoms with E-state index in [1.165, 1.54) is 18.2 Å². The van der Waals surface area contributed by atoms with Gasteiger partial charge in [0, 0.05) is 16.7 Å². The highest BCUT2D eigenvalue weighted by Gasteiger charge is 2.15. The van der Waals surface area contributed by atoms with Crippen LogP contribution in [0.2, 0.25) is 5.02 Å². The molecule has 0 saturated heterocycles. The molecule has 0 fully saturated rings. The first kappa shape index (κ1) is 26.9. The molecule has 1 N–H and O–H groups in total. The fourth-order valence-electron chi connectivity index (χ4n) is 3.99. The van der Waals surface area contributed by atoms with Gasteiger partial charge in [-0.15, -0.1) is 0 Å². The smallest absolute Gasteiger partial charge is 0.248 e. The van der Waals surface area contributed by atoms with Crippen molar-refractivity contribution in [1.82, 2.24) is 9.78 Å². The average Bonchev–Trinajstić information content (AvgIpc) is 3.16. The maximum Gasteiger partial charge on any atom is 0.248 e. The number of amides is 1. The Kier molecular flexibility index (Phi) is 8.48. The van der Waals surface area contributed by atoms with Crippen LogP contribution in [0.5, 0.6) is 11.5 Å². The zero-order valence-corrected chi connectivity index (χ0v) is 22.5. The van der Waals surface area contributed by atoms with Gasteiger partial charge in [-0.05, 0) is 74.4 Å². The molecule has 0 bridgehead atoms. The summed E-state index contributed by atoms with van der Waals surface area (Å²) in [4.78, 5) is 12.7. The summed E-state index contributed by atoms with van der Waals surface area (Å²) in [5.41, 5.74) is 5.65. The number of hydrogen-bond acceptors (Lipinski definition) is 4. The van der Waals surface area contributed by atoms with Crippen LogP contribution in [0.4, 0.5) is 10.1 Å². The third-order valence-corrected chi connectivity index (χ3v) is 6.46. The van der Waals surface area contributed by atoms with Gasteiger partial charge in [-0.3, -0.25) is 9.48 Å². The highest BCUT2D eigenvalue weighted by atomic mass is 35.5. The van der Waals surface area contributed by atoms with Crippen LogP contribution in [0, 0.1) is 26.6 Å². The molecular formula is C30H29ClFN3O3. The minimum absolute atomic E-state index is 0.288. The number of carbonyl (C=O) groups is 1. The van der Waals surface area contributed by atoms with Crippen LogP contribution in [0.25, 0.3) is 6.08 Å². The summed E-state index contributed by atoms with van der Waals surface area (Å²) in [5, 5.41) is 7.76. The number of anilines is 1. The molecule has 8 heteroatoms. The van der Waals surface area contributed by atoms with E-state index in [9.17, 15) is 9.18 Å². The number of benzene rings is 3. The van der Waals surface area contributed by atoms with Crippen LogP contribution in [-0.2, 0) is 17.9 Å². The molecule has 0 aliphatic carbocycles. The Morgan fingerprint density at radius 2 is 1.82 bits per heavy atom. The lowest BCUT2D eigenvalue weighted by Crippen LogP contribution is -2.10. The van der Waals surface area contributed by atoms with Gasteiger partial charge in [-0.2, -0.15) is 5.10 Å². The second-order valence-corrected chi connectivity index (χ2v) is 9.34. The van der Waals surface area contributed by atoms with E-state index in [1.54, 1.807) is 23.9 Å². The van der Waals surface area contributed by atoms with E-state index in [2.05, 4.69) is 10.4 Å². The second kappa shape index (κ2) is 12.0. The molecule has 196 valence electrons. The summed E-state index contributed by atoms with van der Waals surface area (Å²) in [6, 6.07) is 17.8. The SMILES string of the molecule is COc1ccc(/C=C/C(=O)Nc2c(C)nn(Cc3ccc(F)cc3Cl)c2C)cc1COc1ccc(C)cc1. The molecule has 4 aromatic rings. The number of rotatable bonds is 9. The topological polar surface area (TPSA) is 65.4 Å². The lowest BCUT2D eigenvalue weighted by Gasteiger charge is -2.11. The number of hydrogen-bond donors (Lipinski definition) is 1. The fraction of sp³-hybridized carbons (Fsp3) is 0.200. The molecule has 1 aromatic heterocycles. The normalized spacial score (nSPS) is 11.1. The van der Waals surface area contributed by atoms with Gasteiger partial charge in [0.1, 0.15) is 23.9 Å². The number of nitrogens with zero attached hydrogens (tertiary/aromatic N) is 2. The lowest BCUT2D eigenvalue weighted by atomic mass is 10.1. The van der Waals surface area contributed by atoms with Crippen molar-refractivity contribution >= 4 is 29.3 Å². The Morgan fingerprint density at radius 3 is 2.53 bits per heavy atom. The highest BCUT2D eigenvalue weighted by Crippen LogP contribution is 2.25. The summed E-state index contributed by atoms with van der Waals surface area (Å²) in [6.07, 6.45) is 3.21. The molecule has 1 heterocycles. The third kappa shape index (κ3) is 6.61. The zero-order valence-electron chi connectivity index (χ0n) is 21.7. The number of aryl methyl sites for hydroxylation is 2. The van der Waals surface area contributed by atoms with Gasteiger partial charge in [0.25, 0.3) is 0 Å². The Bertz CT molecular complexity index is 1480. The number of aromatic nitrogens is 2. The fourth-order valence-corrected chi connectivity index (χ4v) is 4.22. The van der Waals surface area contributed by atoms with Gasteiger partial charge in [0.2, 0.25) is 5.91 Å². The Hall–Kier alpha value is -4.10. The van der Waals surface area contributed by atoms with Gasteiger partial charge >= 0.3 is 0 Å². The maximum absolute atomic E-state index is 13.4. The predicted octanol–water partition coefficient (Wildman–Crippen LogP) is 6.89. The van der Waals surface area contributed by atoms with Gasteiger partial charge < -0.3 is 14.8 Å². The Balaban J connectivity index is 1.44. The summed E-state index contributed by atoms with van der Waals surface area (Å²) >= 11 is 6.17. The molecule has 0 saturated carbocycles. The molecule has 0 atom stereocenters. The molecule has 1 amide bonds. The Morgan fingerprint density at radius 1 is 1.05 bits per heavy atom. The Labute approximate surface area is 226 Å². The van der Waals surface area contributed by atoms with Crippen LogP contribution in [0.15, 0.2) is 66.7 Å². The van der Waals surface area contributed by atoms with Crippen molar-refractivity contribution in [2.45, 2.75) is 33.9 Å². The summed E-state index contributed by atoms with van der Waals surface area (Å²) in [6.45, 7) is 6.39. The molecule has 0 radical (unpaired) electrons. The first-order valence-electron chi connectivity index (χ1n) is 12.1. The van der Waals surface area contributed by atoms with Crippen molar-refractivity contribution in [2.24, 2.45) is 0 Å². The monoisotopic (exact) mass is 533 g/mol. The minimum Gasteiger partial charge on any atom is -0.496 e. The lowest BCUT2D eigenvalue weighted by molar-refractivity contribution is -0.111. The molecule has 0 unspecified atom stereocenters. The van der Waals surface area contributed by atoms with Gasteiger partial charge in [0.05, 0.1) is 30.7 Å². The number of halogens is 2. The van der Waals surface area contributed by atoms with Crippen LogP contribution in [0.3, 0.4) is 0 Å². The van der Waals surface area contributed by atoms with E-state index in [0.29, 0.717) is 35.3 Å². The molecule has 0 aliphatic heterocycles. The van der Waals surface area contributed by atoms with Crippen LogP contribution >= 0.6 is 11.6 Å². The molecule has 6 nitrogen and oxygen atoms in total. The molecule has 38 heavy (non-hydrogen) atoms. The van der Waals surface area contributed by atoms with Gasteiger partial charge in [-0.25, -0.2) is 4.39 Å². The molecule has 4 rings (SSSR count). The first-order valence-corrected chi connectivity index (χ1v) is 12.4. The molecule has 0 aliphatic rings. The predicted molar refractivity (Wildman–Crippen MR) is 148 cm³/mol. The zero-order chi connectivity index (χ0) is 27.2. The molecule has 3 aromatic carbocycles. The summed E-state index contributed by atoms with van der Waals surface area (Å²) < 4.78 is 26.5. The van der Waals surface area contributed by atoms with E-state index in [1.807, 2.05) is 63.2 Å². The van der Waals surface area contributed by atoms with E-state index in [-0.39, 0.29) is 5.91 Å². The minimum atomic E-state index is -0.394. The standard InChI is InChI=1S/C30H29ClFN3O3/c1-19-5-11-26(12-6-19)38-18-24-15-22(7-13-28(24)37-4)8-14-29(36)33-30-20(2)34-35(21(30)3)17-23-9-10-25(32)16-27(23)31/h5-16H,17-18H2,1-4H3,(H,33,36)/b14-8+. The second-order valence-electron chi connectivity index (χ2n) is 8.93. The molecular weight excluding hydrogens is 505 g/mol. The average molecular weight is 534 g/mol. The third-order valence-electron chi connectivity index (χ3n) is 6.11. The number of methoxy groups -OCH3 is 1. The van der Waals surface area contributed by atoms with Gasteiger partial charge in [-0.1, -0.05) is 41.4 Å². The van der Waals surface area contributed by atoms with Crippen LogP contribution in [-0.4, -0.2) is 22.8 Å². The van der Waals surface area contributed by atoms with E-state index < -0.39 is 5.82 Å². The number of nitrogens with one attached hydrogen (secondary N) is 1. The number of ether oxygens (including phenoxy) is 2. The quantitative estimate of drug-likeness (QED) is 0.238. The van der Waals surface area contributed by atoms with Gasteiger partial charge in [0.15, 0.2) is 0 Å². The summed E-state index contributed by atoms with van der Waals surface area (Å²) in [5.74, 6) is 0.795.